The summed E-state index contributed by atoms with van der Waals surface area (Å²) in [6.45, 7) is 0.717. The third-order valence-electron chi connectivity index (χ3n) is 3.94. The van der Waals surface area contributed by atoms with Gasteiger partial charge in [-0.1, -0.05) is 12.1 Å². The highest BCUT2D eigenvalue weighted by Gasteiger charge is 2.11. The molecular weight excluding hydrogens is 339 g/mol. The lowest BCUT2D eigenvalue weighted by Gasteiger charge is -2.09. The minimum Gasteiger partial charge on any atom is -0.338 e. The second-order valence-corrected chi connectivity index (χ2v) is 6.65. The zero-order valence-electron chi connectivity index (χ0n) is 13.2. The summed E-state index contributed by atoms with van der Waals surface area (Å²) in [6, 6.07) is 12.3. The molecule has 0 aliphatic rings. The summed E-state index contributed by atoms with van der Waals surface area (Å²) in [6.07, 6.45) is 3.37. The van der Waals surface area contributed by atoms with Crippen LogP contribution in [0.5, 0.6) is 0 Å². The van der Waals surface area contributed by atoms with Crippen LogP contribution in [-0.2, 0) is 17.9 Å². The number of nitrogens with zero attached hydrogens (tertiary/aromatic N) is 3. The Balaban J connectivity index is 1.49. The van der Waals surface area contributed by atoms with Gasteiger partial charge in [0.2, 0.25) is 5.91 Å². The standard InChI is InChI=1S/C18H15FN4OS/c19-15-4-1-5-16-14(15)7-9-22(16)12-18(24)21-17-6-8-20-23(17)11-13-3-2-10-25-13/h1-10H,11-12H2,(H,21,24). The Labute approximate surface area is 147 Å². The fourth-order valence-electron chi connectivity index (χ4n) is 2.78. The van der Waals surface area contributed by atoms with E-state index < -0.39 is 0 Å². The number of aromatic nitrogens is 3. The minimum absolute atomic E-state index is 0.108. The maximum Gasteiger partial charge on any atom is 0.245 e. The van der Waals surface area contributed by atoms with Gasteiger partial charge in [-0.15, -0.1) is 11.3 Å². The van der Waals surface area contributed by atoms with Gasteiger partial charge in [-0.25, -0.2) is 9.07 Å². The molecule has 0 aliphatic heterocycles. The van der Waals surface area contributed by atoms with E-state index in [-0.39, 0.29) is 18.3 Å². The van der Waals surface area contributed by atoms with Crippen molar-refractivity contribution in [2.45, 2.75) is 13.1 Å². The van der Waals surface area contributed by atoms with Crippen molar-refractivity contribution in [3.05, 3.63) is 70.9 Å². The van der Waals surface area contributed by atoms with Crippen molar-refractivity contribution in [3.63, 3.8) is 0 Å². The number of nitrogens with one attached hydrogen (secondary N) is 1. The van der Waals surface area contributed by atoms with Crippen LogP contribution in [0.25, 0.3) is 10.9 Å². The normalized spacial score (nSPS) is 11.1. The molecule has 0 spiro atoms. The smallest absolute Gasteiger partial charge is 0.245 e. The van der Waals surface area contributed by atoms with Gasteiger partial charge in [0, 0.05) is 22.5 Å². The van der Waals surface area contributed by atoms with Gasteiger partial charge >= 0.3 is 0 Å². The van der Waals surface area contributed by atoms with Crippen LogP contribution in [0.15, 0.2) is 60.2 Å². The largest absolute Gasteiger partial charge is 0.338 e. The molecule has 0 fully saturated rings. The van der Waals surface area contributed by atoms with Crippen LogP contribution in [-0.4, -0.2) is 20.3 Å². The molecule has 1 amide bonds. The maximum atomic E-state index is 13.8. The second-order valence-electron chi connectivity index (χ2n) is 5.62. The monoisotopic (exact) mass is 354 g/mol. The van der Waals surface area contributed by atoms with Crippen LogP contribution in [0.1, 0.15) is 4.88 Å². The van der Waals surface area contributed by atoms with Crippen LogP contribution in [0.4, 0.5) is 10.2 Å². The van der Waals surface area contributed by atoms with Gasteiger partial charge < -0.3 is 9.88 Å². The van der Waals surface area contributed by atoms with Crippen LogP contribution in [0, 0.1) is 5.82 Å². The third-order valence-corrected chi connectivity index (χ3v) is 4.81. The van der Waals surface area contributed by atoms with Crippen molar-refractivity contribution in [1.29, 1.82) is 0 Å². The van der Waals surface area contributed by atoms with Crippen LogP contribution >= 0.6 is 11.3 Å². The summed E-state index contributed by atoms with van der Waals surface area (Å²) in [5, 5.41) is 9.65. The molecule has 0 saturated carbocycles. The van der Waals surface area contributed by atoms with Gasteiger partial charge in [0.05, 0.1) is 18.3 Å². The first-order valence-corrected chi connectivity index (χ1v) is 8.66. The van der Waals surface area contributed by atoms with Crippen molar-refractivity contribution in [2.24, 2.45) is 0 Å². The Bertz CT molecular complexity index is 1020. The summed E-state index contributed by atoms with van der Waals surface area (Å²) in [4.78, 5) is 13.6. The number of carbonyl (C=O) groups excluding carboxylic acids is 1. The van der Waals surface area contributed by atoms with Gasteiger partial charge in [0.25, 0.3) is 0 Å². The highest BCUT2D eigenvalue weighted by Crippen LogP contribution is 2.19. The molecule has 7 heteroatoms. The summed E-state index contributed by atoms with van der Waals surface area (Å²) in [7, 11) is 0. The number of rotatable bonds is 5. The Morgan fingerprint density at radius 1 is 1.20 bits per heavy atom. The molecule has 4 rings (SSSR count). The summed E-state index contributed by atoms with van der Waals surface area (Å²) >= 11 is 1.64. The number of amides is 1. The topological polar surface area (TPSA) is 51.9 Å². The highest BCUT2D eigenvalue weighted by molar-refractivity contribution is 7.09. The van der Waals surface area contributed by atoms with Gasteiger partial charge in [0.1, 0.15) is 18.2 Å². The first kappa shape index (κ1) is 15.6. The number of halogens is 1. The Morgan fingerprint density at radius 3 is 2.96 bits per heavy atom. The molecule has 1 N–H and O–H groups in total. The molecule has 3 heterocycles. The minimum atomic E-state index is -0.286. The van der Waals surface area contributed by atoms with E-state index >= 15 is 0 Å². The summed E-state index contributed by atoms with van der Waals surface area (Å²) in [5.41, 5.74) is 0.697. The quantitative estimate of drug-likeness (QED) is 0.594. The Kier molecular flexibility index (Phi) is 4.07. The fraction of sp³-hybridized carbons (Fsp3) is 0.111. The average molecular weight is 354 g/mol. The SMILES string of the molecule is O=C(Cn1ccc2c(F)cccc21)Nc1ccnn1Cc1cccs1. The Morgan fingerprint density at radius 2 is 2.12 bits per heavy atom. The van der Waals surface area contributed by atoms with E-state index in [1.807, 2.05) is 17.5 Å². The van der Waals surface area contributed by atoms with Crippen molar-refractivity contribution in [3.8, 4) is 0 Å². The molecule has 4 aromatic rings. The van der Waals surface area contributed by atoms with Crippen molar-refractivity contribution in [1.82, 2.24) is 14.3 Å². The van der Waals surface area contributed by atoms with Gasteiger partial charge in [0.15, 0.2) is 0 Å². The lowest BCUT2D eigenvalue weighted by atomic mass is 10.2. The Hall–Kier alpha value is -2.93. The van der Waals surface area contributed by atoms with E-state index in [0.29, 0.717) is 23.3 Å². The molecule has 0 bridgehead atoms. The maximum absolute atomic E-state index is 13.8. The van der Waals surface area contributed by atoms with Gasteiger partial charge in [-0.05, 0) is 29.6 Å². The molecule has 0 aliphatic carbocycles. The number of carbonyl (C=O) groups is 1. The lowest BCUT2D eigenvalue weighted by Crippen LogP contribution is -2.20. The van der Waals surface area contributed by atoms with E-state index in [9.17, 15) is 9.18 Å². The summed E-state index contributed by atoms with van der Waals surface area (Å²) < 4.78 is 17.2. The van der Waals surface area contributed by atoms with Crippen molar-refractivity contribution < 1.29 is 9.18 Å². The molecule has 25 heavy (non-hydrogen) atoms. The van der Waals surface area contributed by atoms with Crippen molar-refractivity contribution >= 4 is 34.0 Å². The number of hydrogen-bond donors (Lipinski definition) is 1. The highest BCUT2D eigenvalue weighted by atomic mass is 32.1. The molecule has 0 saturated heterocycles. The van der Waals surface area contributed by atoms with Crippen LogP contribution in [0.2, 0.25) is 0 Å². The zero-order chi connectivity index (χ0) is 17.2. The third kappa shape index (κ3) is 3.18. The molecule has 0 atom stereocenters. The number of fused-ring (bicyclic) bond motifs is 1. The van der Waals surface area contributed by atoms with Crippen LogP contribution < -0.4 is 5.32 Å². The van der Waals surface area contributed by atoms with E-state index in [1.165, 1.54) is 6.07 Å². The van der Waals surface area contributed by atoms with E-state index in [0.717, 1.165) is 4.88 Å². The predicted octanol–water partition coefficient (Wildman–Crippen LogP) is 3.73. The van der Waals surface area contributed by atoms with Crippen molar-refractivity contribution in [2.75, 3.05) is 5.32 Å². The fourth-order valence-corrected chi connectivity index (χ4v) is 3.46. The second kappa shape index (κ2) is 6.52. The molecular formula is C18H15FN4OS. The molecule has 3 aromatic heterocycles. The molecule has 5 nitrogen and oxygen atoms in total. The number of anilines is 1. The number of thiophene rings is 1. The van der Waals surface area contributed by atoms with E-state index in [2.05, 4.69) is 10.4 Å². The number of hydrogen-bond acceptors (Lipinski definition) is 3. The summed E-state index contributed by atoms with van der Waals surface area (Å²) in [5.74, 6) is 0.168. The first-order chi connectivity index (χ1) is 12.2. The molecule has 126 valence electrons. The van der Waals surface area contributed by atoms with E-state index in [1.54, 1.807) is 57.2 Å². The molecule has 1 aromatic carbocycles. The molecule has 0 radical (unpaired) electrons. The predicted molar refractivity (Wildman–Crippen MR) is 96.2 cm³/mol. The number of benzene rings is 1. The lowest BCUT2D eigenvalue weighted by molar-refractivity contribution is -0.116. The van der Waals surface area contributed by atoms with Crippen LogP contribution in [0.3, 0.4) is 0 Å². The van der Waals surface area contributed by atoms with E-state index in [4.69, 9.17) is 0 Å². The van der Waals surface area contributed by atoms with Gasteiger partial charge in [-0.2, -0.15) is 5.10 Å². The zero-order valence-corrected chi connectivity index (χ0v) is 14.0. The average Bonchev–Trinajstić information content (AvgIpc) is 3.32. The molecule has 0 unspecified atom stereocenters. The first-order valence-electron chi connectivity index (χ1n) is 7.78. The van der Waals surface area contributed by atoms with Gasteiger partial charge in [-0.3, -0.25) is 4.79 Å².